The Morgan fingerprint density at radius 3 is 2.08 bits per heavy atom. The van der Waals surface area contributed by atoms with Crippen molar-refractivity contribution in [1.29, 1.82) is 0 Å². The van der Waals surface area contributed by atoms with Gasteiger partial charge in [-0.3, -0.25) is 0 Å². The summed E-state index contributed by atoms with van der Waals surface area (Å²) in [5.41, 5.74) is 0. The molecule has 13 heavy (non-hydrogen) atoms. The SMILES string of the molecule is CC(CC1CCCC1)C1CCCC1. The van der Waals surface area contributed by atoms with Gasteiger partial charge in [0.05, 0.1) is 0 Å². The van der Waals surface area contributed by atoms with Gasteiger partial charge in [-0.25, -0.2) is 0 Å². The molecule has 2 saturated carbocycles. The molecule has 2 aliphatic rings. The fraction of sp³-hybridized carbons (Fsp3) is 1.00. The number of hydrogen-bond donors (Lipinski definition) is 0. The average Bonchev–Trinajstić information content (AvgIpc) is 2.74. The van der Waals surface area contributed by atoms with Crippen LogP contribution >= 0.6 is 0 Å². The van der Waals surface area contributed by atoms with Crippen LogP contribution in [0.25, 0.3) is 0 Å². The summed E-state index contributed by atoms with van der Waals surface area (Å²) in [6, 6.07) is 0. The van der Waals surface area contributed by atoms with Gasteiger partial charge in [0.15, 0.2) is 0 Å². The lowest BCUT2D eigenvalue weighted by Crippen LogP contribution is -2.11. The maximum atomic E-state index is 2.51. The Labute approximate surface area is 83.1 Å². The van der Waals surface area contributed by atoms with E-state index in [1.807, 2.05) is 0 Å². The first-order valence-electron chi connectivity index (χ1n) is 6.36. The van der Waals surface area contributed by atoms with Crippen molar-refractivity contribution < 1.29 is 0 Å². The predicted molar refractivity (Wildman–Crippen MR) is 57.7 cm³/mol. The van der Waals surface area contributed by atoms with Crippen LogP contribution in [0.4, 0.5) is 0 Å². The monoisotopic (exact) mass is 180 g/mol. The Morgan fingerprint density at radius 1 is 0.923 bits per heavy atom. The molecule has 0 aromatic rings. The molecule has 0 aromatic carbocycles. The molecular weight excluding hydrogens is 156 g/mol. The van der Waals surface area contributed by atoms with Crippen molar-refractivity contribution >= 4 is 0 Å². The van der Waals surface area contributed by atoms with Crippen molar-refractivity contribution in [2.24, 2.45) is 17.8 Å². The molecule has 0 nitrogen and oxygen atoms in total. The Bertz CT molecular complexity index is 138. The second-order valence-electron chi connectivity index (χ2n) is 5.41. The lowest BCUT2D eigenvalue weighted by Gasteiger charge is -2.21. The van der Waals surface area contributed by atoms with E-state index in [0.717, 1.165) is 17.8 Å². The first kappa shape index (κ1) is 9.55. The molecule has 0 heterocycles. The van der Waals surface area contributed by atoms with E-state index in [9.17, 15) is 0 Å². The Hall–Kier alpha value is 0. The quantitative estimate of drug-likeness (QED) is 0.604. The largest absolute Gasteiger partial charge is 0.0622 e. The third-order valence-electron chi connectivity index (χ3n) is 4.38. The van der Waals surface area contributed by atoms with Gasteiger partial charge < -0.3 is 0 Å². The third kappa shape index (κ3) is 2.48. The van der Waals surface area contributed by atoms with Crippen molar-refractivity contribution in [1.82, 2.24) is 0 Å². The minimum atomic E-state index is 1.03. The summed E-state index contributed by atoms with van der Waals surface area (Å²) in [7, 11) is 0. The van der Waals surface area contributed by atoms with E-state index < -0.39 is 0 Å². The van der Waals surface area contributed by atoms with Crippen LogP contribution in [-0.4, -0.2) is 0 Å². The molecule has 76 valence electrons. The molecule has 2 aliphatic carbocycles. The molecule has 0 radical (unpaired) electrons. The van der Waals surface area contributed by atoms with E-state index in [0.29, 0.717) is 0 Å². The minimum absolute atomic E-state index is 1.03. The number of rotatable bonds is 3. The normalized spacial score (nSPS) is 28.4. The molecule has 0 saturated heterocycles. The molecule has 0 aromatic heterocycles. The smallest absolute Gasteiger partial charge is 0.0388 e. The Kier molecular flexibility index (Phi) is 3.29. The summed E-state index contributed by atoms with van der Waals surface area (Å²) in [4.78, 5) is 0. The van der Waals surface area contributed by atoms with Crippen molar-refractivity contribution in [3.8, 4) is 0 Å². The van der Waals surface area contributed by atoms with E-state index in [-0.39, 0.29) is 0 Å². The maximum absolute atomic E-state index is 2.51. The van der Waals surface area contributed by atoms with E-state index in [1.165, 1.54) is 51.4 Å². The van der Waals surface area contributed by atoms with Gasteiger partial charge in [0.1, 0.15) is 0 Å². The van der Waals surface area contributed by atoms with Crippen LogP contribution in [-0.2, 0) is 0 Å². The van der Waals surface area contributed by atoms with Crippen LogP contribution in [0.15, 0.2) is 0 Å². The number of hydrogen-bond acceptors (Lipinski definition) is 0. The maximum Gasteiger partial charge on any atom is -0.0388 e. The molecule has 0 aliphatic heterocycles. The highest BCUT2D eigenvalue weighted by Gasteiger charge is 2.25. The molecular formula is C13H24. The van der Waals surface area contributed by atoms with Crippen LogP contribution in [0.2, 0.25) is 0 Å². The summed E-state index contributed by atoms with van der Waals surface area (Å²) in [6.07, 6.45) is 13.8. The molecule has 2 fully saturated rings. The van der Waals surface area contributed by atoms with Gasteiger partial charge in [-0.05, 0) is 24.2 Å². The highest BCUT2D eigenvalue weighted by atomic mass is 14.3. The molecule has 0 amide bonds. The van der Waals surface area contributed by atoms with Crippen LogP contribution in [0.3, 0.4) is 0 Å². The van der Waals surface area contributed by atoms with Gasteiger partial charge in [-0.15, -0.1) is 0 Å². The van der Waals surface area contributed by atoms with Crippen molar-refractivity contribution in [2.75, 3.05) is 0 Å². The molecule has 0 spiro atoms. The second-order valence-corrected chi connectivity index (χ2v) is 5.41. The Morgan fingerprint density at radius 2 is 1.46 bits per heavy atom. The predicted octanol–water partition coefficient (Wildman–Crippen LogP) is 4.39. The topological polar surface area (TPSA) is 0 Å². The van der Waals surface area contributed by atoms with Crippen LogP contribution in [0.5, 0.6) is 0 Å². The van der Waals surface area contributed by atoms with Crippen LogP contribution in [0, 0.1) is 17.8 Å². The van der Waals surface area contributed by atoms with E-state index in [2.05, 4.69) is 6.92 Å². The zero-order valence-corrected chi connectivity index (χ0v) is 9.10. The van der Waals surface area contributed by atoms with Crippen molar-refractivity contribution in [2.45, 2.75) is 64.7 Å². The highest BCUT2D eigenvalue weighted by Crippen LogP contribution is 2.38. The fourth-order valence-electron chi connectivity index (χ4n) is 3.49. The van der Waals surface area contributed by atoms with Crippen LogP contribution < -0.4 is 0 Å². The van der Waals surface area contributed by atoms with Gasteiger partial charge in [0.2, 0.25) is 0 Å². The lowest BCUT2D eigenvalue weighted by molar-refractivity contribution is 0.292. The van der Waals surface area contributed by atoms with Crippen molar-refractivity contribution in [3.63, 3.8) is 0 Å². The van der Waals surface area contributed by atoms with Gasteiger partial charge in [0, 0.05) is 0 Å². The molecule has 0 heteroatoms. The van der Waals surface area contributed by atoms with Gasteiger partial charge in [-0.2, -0.15) is 0 Å². The zero-order chi connectivity index (χ0) is 9.10. The molecule has 1 unspecified atom stereocenters. The first-order chi connectivity index (χ1) is 6.36. The van der Waals surface area contributed by atoms with E-state index in [1.54, 1.807) is 6.42 Å². The summed E-state index contributed by atoms with van der Waals surface area (Å²) in [5.74, 6) is 3.24. The molecule has 1 atom stereocenters. The summed E-state index contributed by atoms with van der Waals surface area (Å²) < 4.78 is 0. The molecule has 2 rings (SSSR count). The first-order valence-corrected chi connectivity index (χ1v) is 6.36. The summed E-state index contributed by atoms with van der Waals surface area (Å²) >= 11 is 0. The third-order valence-corrected chi connectivity index (χ3v) is 4.38. The highest BCUT2D eigenvalue weighted by molar-refractivity contribution is 4.77. The van der Waals surface area contributed by atoms with Crippen LogP contribution in [0.1, 0.15) is 64.7 Å². The average molecular weight is 180 g/mol. The lowest BCUT2D eigenvalue weighted by atomic mass is 9.84. The Balaban J connectivity index is 1.73. The van der Waals surface area contributed by atoms with E-state index >= 15 is 0 Å². The standard InChI is InChI=1S/C13H24/c1-11(13-8-4-5-9-13)10-12-6-2-3-7-12/h11-13H,2-10H2,1H3. The van der Waals surface area contributed by atoms with E-state index in [4.69, 9.17) is 0 Å². The minimum Gasteiger partial charge on any atom is -0.0622 e. The van der Waals surface area contributed by atoms with Gasteiger partial charge in [0.25, 0.3) is 0 Å². The summed E-state index contributed by atoms with van der Waals surface area (Å²) in [5, 5.41) is 0. The van der Waals surface area contributed by atoms with Crippen molar-refractivity contribution in [3.05, 3.63) is 0 Å². The summed E-state index contributed by atoms with van der Waals surface area (Å²) in [6.45, 7) is 2.51. The molecule has 0 bridgehead atoms. The fourth-order valence-corrected chi connectivity index (χ4v) is 3.49. The van der Waals surface area contributed by atoms with Gasteiger partial charge >= 0.3 is 0 Å². The second kappa shape index (κ2) is 4.48. The molecule has 0 N–H and O–H groups in total. The van der Waals surface area contributed by atoms with Gasteiger partial charge in [-0.1, -0.05) is 58.3 Å². The zero-order valence-electron chi connectivity index (χ0n) is 9.10.